The van der Waals surface area contributed by atoms with Gasteiger partial charge < -0.3 is 9.80 Å². The largest absolute Gasteiger partial charge is 0.342 e. The molecule has 0 N–H and O–H groups in total. The molecule has 0 aliphatic carbocycles. The van der Waals surface area contributed by atoms with Crippen LogP contribution in [0, 0.1) is 11.7 Å². The van der Waals surface area contributed by atoms with Gasteiger partial charge in [-0.25, -0.2) is 4.39 Å². The molecule has 0 saturated carbocycles. The van der Waals surface area contributed by atoms with Crippen molar-refractivity contribution in [3.8, 4) is 0 Å². The highest BCUT2D eigenvalue weighted by atomic mass is 32.1. The first kappa shape index (κ1) is 21.0. The third kappa shape index (κ3) is 5.09. The van der Waals surface area contributed by atoms with Crippen LogP contribution in [0.2, 0.25) is 0 Å². The van der Waals surface area contributed by atoms with Crippen molar-refractivity contribution in [1.29, 1.82) is 0 Å². The number of benzene rings is 1. The summed E-state index contributed by atoms with van der Waals surface area (Å²) in [5.41, 5.74) is 0.842. The molecule has 3 heterocycles. The predicted octanol–water partition coefficient (Wildman–Crippen LogP) is 4.29. The lowest BCUT2D eigenvalue weighted by atomic mass is 9.83. The van der Waals surface area contributed by atoms with Gasteiger partial charge in [-0.15, -0.1) is 11.3 Å². The van der Waals surface area contributed by atoms with Crippen LogP contribution >= 0.6 is 11.3 Å². The summed E-state index contributed by atoms with van der Waals surface area (Å²) in [5.74, 6) is 0.451. The Kier molecular flexibility index (Phi) is 6.82. The van der Waals surface area contributed by atoms with E-state index in [9.17, 15) is 14.0 Å². The van der Waals surface area contributed by atoms with E-state index in [2.05, 4.69) is 22.4 Å². The van der Waals surface area contributed by atoms with Crippen molar-refractivity contribution in [2.75, 3.05) is 19.6 Å². The van der Waals surface area contributed by atoms with Crippen LogP contribution in [0.5, 0.6) is 0 Å². The van der Waals surface area contributed by atoms with Crippen LogP contribution < -0.4 is 0 Å². The number of hydrogen-bond acceptors (Lipinski definition) is 3. The van der Waals surface area contributed by atoms with Crippen LogP contribution in [-0.2, 0) is 22.4 Å². The summed E-state index contributed by atoms with van der Waals surface area (Å²) in [6.45, 7) is 2.27. The molecule has 30 heavy (non-hydrogen) atoms. The van der Waals surface area contributed by atoms with Gasteiger partial charge >= 0.3 is 0 Å². The van der Waals surface area contributed by atoms with E-state index in [1.54, 1.807) is 23.5 Å². The number of piperidine rings is 2. The first-order valence-corrected chi connectivity index (χ1v) is 11.8. The number of halogens is 1. The normalized spacial score (nSPS) is 21.4. The van der Waals surface area contributed by atoms with Crippen molar-refractivity contribution in [2.24, 2.45) is 5.92 Å². The third-order valence-electron chi connectivity index (χ3n) is 6.40. The molecule has 2 saturated heterocycles. The second-order valence-corrected chi connectivity index (χ2v) is 9.45. The molecule has 2 aromatic rings. The zero-order valence-electron chi connectivity index (χ0n) is 17.3. The first-order chi connectivity index (χ1) is 14.6. The minimum Gasteiger partial charge on any atom is -0.342 e. The topological polar surface area (TPSA) is 40.6 Å². The number of likely N-dealkylation sites (tertiary alicyclic amines) is 2. The van der Waals surface area contributed by atoms with Gasteiger partial charge in [0, 0.05) is 37.0 Å². The fourth-order valence-electron chi connectivity index (χ4n) is 4.84. The molecule has 1 aromatic carbocycles. The highest BCUT2D eigenvalue weighted by Gasteiger charge is 2.38. The monoisotopic (exact) mass is 428 g/mol. The van der Waals surface area contributed by atoms with Crippen LogP contribution in [0.3, 0.4) is 0 Å². The molecule has 0 unspecified atom stereocenters. The Hall–Kier alpha value is -2.21. The molecule has 2 aliphatic heterocycles. The number of thiophene rings is 1. The number of carbonyl (C=O) groups excluding carboxylic acids is 2. The minimum absolute atomic E-state index is 0.0967. The van der Waals surface area contributed by atoms with E-state index >= 15 is 0 Å². The molecule has 4 rings (SSSR count). The summed E-state index contributed by atoms with van der Waals surface area (Å²) in [4.78, 5) is 31.0. The van der Waals surface area contributed by atoms with Gasteiger partial charge in [0.25, 0.3) is 0 Å². The highest BCUT2D eigenvalue weighted by molar-refractivity contribution is 7.09. The van der Waals surface area contributed by atoms with Crippen molar-refractivity contribution < 1.29 is 14.0 Å². The summed E-state index contributed by atoms with van der Waals surface area (Å²) in [5, 5.41) is 2.08. The Labute approximate surface area is 181 Å². The van der Waals surface area contributed by atoms with Gasteiger partial charge in [-0.2, -0.15) is 0 Å². The molecule has 1 aromatic heterocycles. The maximum absolute atomic E-state index is 13.1. The number of nitrogens with zero attached hydrogens (tertiary/aromatic N) is 2. The molecule has 2 atom stereocenters. The van der Waals surface area contributed by atoms with Gasteiger partial charge in [0.05, 0.1) is 6.42 Å². The van der Waals surface area contributed by atoms with Gasteiger partial charge in [0.1, 0.15) is 5.82 Å². The average Bonchev–Trinajstić information content (AvgIpc) is 3.28. The minimum atomic E-state index is -0.283. The summed E-state index contributed by atoms with van der Waals surface area (Å²) in [6.07, 6.45) is 5.72. The van der Waals surface area contributed by atoms with Crippen molar-refractivity contribution in [3.05, 3.63) is 58.0 Å². The van der Waals surface area contributed by atoms with Crippen molar-refractivity contribution >= 4 is 23.2 Å². The van der Waals surface area contributed by atoms with Crippen molar-refractivity contribution in [1.82, 2.24) is 9.80 Å². The fourth-order valence-corrected chi connectivity index (χ4v) is 5.59. The van der Waals surface area contributed by atoms with E-state index in [4.69, 9.17) is 0 Å². The molecule has 0 spiro atoms. The number of amides is 2. The van der Waals surface area contributed by atoms with Crippen LogP contribution in [0.25, 0.3) is 0 Å². The van der Waals surface area contributed by atoms with Crippen LogP contribution in [0.15, 0.2) is 41.8 Å². The van der Waals surface area contributed by atoms with E-state index in [-0.39, 0.29) is 23.7 Å². The molecule has 6 heteroatoms. The van der Waals surface area contributed by atoms with Gasteiger partial charge in [0.2, 0.25) is 11.8 Å². The van der Waals surface area contributed by atoms with Crippen LogP contribution in [-0.4, -0.2) is 47.3 Å². The maximum Gasteiger partial charge on any atom is 0.227 e. The second kappa shape index (κ2) is 9.73. The summed E-state index contributed by atoms with van der Waals surface area (Å²) < 4.78 is 13.1. The number of aryl methyl sites for hydroxylation is 1. The lowest BCUT2D eigenvalue weighted by Crippen LogP contribution is -2.56. The fraction of sp³-hybridized carbons (Fsp3) is 0.500. The Morgan fingerprint density at radius 3 is 2.67 bits per heavy atom. The highest BCUT2D eigenvalue weighted by Crippen LogP contribution is 2.31. The zero-order chi connectivity index (χ0) is 20.9. The number of hydrogen-bond donors (Lipinski definition) is 0. The maximum atomic E-state index is 13.1. The van der Waals surface area contributed by atoms with E-state index in [1.807, 2.05) is 4.90 Å². The van der Waals surface area contributed by atoms with Crippen molar-refractivity contribution in [2.45, 2.75) is 51.0 Å². The van der Waals surface area contributed by atoms with Gasteiger partial charge in [-0.3, -0.25) is 9.59 Å². The Morgan fingerprint density at radius 2 is 1.90 bits per heavy atom. The van der Waals surface area contributed by atoms with E-state index in [0.717, 1.165) is 50.8 Å². The lowest BCUT2D eigenvalue weighted by molar-refractivity contribution is -0.141. The van der Waals surface area contributed by atoms with E-state index in [1.165, 1.54) is 17.0 Å². The first-order valence-electron chi connectivity index (χ1n) is 10.9. The Balaban J connectivity index is 1.29. The molecular weight excluding hydrogens is 399 g/mol. The van der Waals surface area contributed by atoms with E-state index in [0.29, 0.717) is 25.3 Å². The molecule has 0 bridgehead atoms. The smallest absolute Gasteiger partial charge is 0.227 e. The number of fused-ring (bicyclic) bond motifs is 1. The van der Waals surface area contributed by atoms with E-state index < -0.39 is 0 Å². The quantitative estimate of drug-likeness (QED) is 0.689. The SMILES string of the molecule is O=C(Cc1ccc(F)cc1)N1CC[C@@H]2[C@H](CCCN2C(=O)CCCc2cccs2)C1. The standard InChI is InChI=1S/C24H29FN2O2S/c25-20-10-8-18(9-11-20)16-24(29)26-14-12-22-19(17-26)4-2-13-27(22)23(28)7-1-5-21-6-3-15-30-21/h3,6,8-11,15,19,22H,1-2,4-5,7,12-14,16-17H2/t19-,22-/m1/s1. The Bertz CT molecular complexity index is 853. The molecular formula is C24H29FN2O2S. The summed E-state index contributed by atoms with van der Waals surface area (Å²) >= 11 is 1.75. The molecule has 2 fully saturated rings. The molecule has 0 radical (unpaired) electrons. The predicted molar refractivity (Wildman–Crippen MR) is 117 cm³/mol. The van der Waals surface area contributed by atoms with Crippen LogP contribution in [0.1, 0.15) is 42.5 Å². The lowest BCUT2D eigenvalue weighted by Gasteiger charge is -2.47. The molecule has 2 amide bonds. The molecule has 160 valence electrons. The number of rotatable bonds is 6. The molecule has 2 aliphatic rings. The van der Waals surface area contributed by atoms with Crippen LogP contribution in [0.4, 0.5) is 4.39 Å². The van der Waals surface area contributed by atoms with Gasteiger partial charge in [0.15, 0.2) is 0 Å². The zero-order valence-corrected chi connectivity index (χ0v) is 18.1. The third-order valence-corrected chi connectivity index (χ3v) is 7.34. The summed E-state index contributed by atoms with van der Waals surface area (Å²) in [6, 6.07) is 10.6. The van der Waals surface area contributed by atoms with Gasteiger partial charge in [-0.1, -0.05) is 18.2 Å². The second-order valence-electron chi connectivity index (χ2n) is 8.42. The number of carbonyl (C=O) groups is 2. The van der Waals surface area contributed by atoms with Crippen molar-refractivity contribution in [3.63, 3.8) is 0 Å². The summed E-state index contributed by atoms with van der Waals surface area (Å²) in [7, 11) is 0. The van der Waals surface area contributed by atoms with Gasteiger partial charge in [-0.05, 0) is 67.2 Å². The average molecular weight is 429 g/mol. The Morgan fingerprint density at radius 1 is 1.07 bits per heavy atom. The molecule has 4 nitrogen and oxygen atoms in total.